The summed E-state index contributed by atoms with van der Waals surface area (Å²) in [6.07, 6.45) is 0.532. The molecule has 1 saturated carbocycles. The quantitative estimate of drug-likeness (QED) is 0.715. The second-order valence-corrected chi connectivity index (χ2v) is 9.43. The zero-order chi connectivity index (χ0) is 14.5. The summed E-state index contributed by atoms with van der Waals surface area (Å²) in [6, 6.07) is 10.8. The molecule has 0 spiro atoms. The maximum Gasteiger partial charge on any atom is 0.179 e. The van der Waals surface area contributed by atoms with Crippen molar-refractivity contribution in [3.8, 4) is 0 Å². The third-order valence-corrected chi connectivity index (χ3v) is 7.03. The van der Waals surface area contributed by atoms with Crippen LogP contribution in [0.25, 0.3) is 10.8 Å². The Balaban J connectivity index is 2.08. The number of rotatable bonds is 3. The first-order valence-electron chi connectivity index (χ1n) is 6.09. The van der Waals surface area contributed by atoms with Gasteiger partial charge in [-0.2, -0.15) is 0 Å². The van der Waals surface area contributed by atoms with Gasteiger partial charge in [0, 0.05) is 15.8 Å². The van der Waals surface area contributed by atoms with Crippen LogP contribution in [0.5, 0.6) is 0 Å². The highest BCUT2D eigenvalue weighted by atomic mass is 79.9. The molecule has 3 rings (SSSR count). The van der Waals surface area contributed by atoms with E-state index in [1.54, 1.807) is 12.1 Å². The van der Waals surface area contributed by atoms with Crippen molar-refractivity contribution in [2.24, 2.45) is 5.92 Å². The number of fused-ring (bicyclic) bond motifs is 1. The van der Waals surface area contributed by atoms with Gasteiger partial charge in [-0.3, -0.25) is 0 Å². The number of benzene rings is 2. The van der Waals surface area contributed by atoms with E-state index < -0.39 is 14.2 Å². The van der Waals surface area contributed by atoms with Gasteiger partial charge in [-0.25, -0.2) is 8.42 Å². The molecular formula is C14H11BrCl2O2S. The molecule has 20 heavy (non-hydrogen) atoms. The summed E-state index contributed by atoms with van der Waals surface area (Å²) in [6.45, 7) is 0. The van der Waals surface area contributed by atoms with Crippen molar-refractivity contribution in [3.05, 3.63) is 40.9 Å². The van der Waals surface area contributed by atoms with Gasteiger partial charge in [0.1, 0.15) is 4.33 Å². The standard InChI is InChI=1S/C14H11BrCl2O2S/c15-12-5-6-13(11-4-2-1-3-10(11)12)20(18,19)8-9-7-14(9,16)17/h1-6,9H,7-8H2. The molecule has 0 saturated heterocycles. The summed E-state index contributed by atoms with van der Waals surface area (Å²) in [5.74, 6) is -0.190. The molecule has 0 heterocycles. The topological polar surface area (TPSA) is 34.1 Å². The van der Waals surface area contributed by atoms with Crippen LogP contribution >= 0.6 is 39.1 Å². The minimum Gasteiger partial charge on any atom is -0.224 e. The maximum atomic E-state index is 12.6. The molecule has 2 aromatic carbocycles. The summed E-state index contributed by atoms with van der Waals surface area (Å²) >= 11 is 15.3. The van der Waals surface area contributed by atoms with Crippen LogP contribution < -0.4 is 0 Å². The fourth-order valence-electron chi connectivity index (χ4n) is 2.31. The molecule has 0 N–H and O–H groups in total. The van der Waals surface area contributed by atoms with Crippen LogP contribution in [0.1, 0.15) is 6.42 Å². The minimum atomic E-state index is -3.40. The van der Waals surface area contributed by atoms with Crippen molar-refractivity contribution in [3.63, 3.8) is 0 Å². The molecule has 1 atom stereocenters. The van der Waals surface area contributed by atoms with E-state index in [0.29, 0.717) is 11.3 Å². The first kappa shape index (κ1) is 14.6. The van der Waals surface area contributed by atoms with E-state index in [-0.39, 0.29) is 11.7 Å². The van der Waals surface area contributed by atoms with Gasteiger partial charge in [0.25, 0.3) is 0 Å². The lowest BCUT2D eigenvalue weighted by atomic mass is 10.1. The van der Waals surface area contributed by atoms with E-state index in [1.165, 1.54) is 0 Å². The van der Waals surface area contributed by atoms with Crippen LogP contribution in [0, 0.1) is 5.92 Å². The third kappa shape index (κ3) is 2.59. The molecule has 2 nitrogen and oxygen atoms in total. The van der Waals surface area contributed by atoms with Gasteiger partial charge in [0.05, 0.1) is 10.6 Å². The SMILES string of the molecule is O=S(=O)(CC1CC1(Cl)Cl)c1ccc(Br)c2ccccc12. The lowest BCUT2D eigenvalue weighted by Crippen LogP contribution is -2.11. The van der Waals surface area contributed by atoms with Gasteiger partial charge in [0.15, 0.2) is 9.84 Å². The van der Waals surface area contributed by atoms with Crippen LogP contribution in [-0.4, -0.2) is 18.5 Å². The van der Waals surface area contributed by atoms with Crippen LogP contribution in [-0.2, 0) is 9.84 Å². The highest BCUT2D eigenvalue weighted by Crippen LogP contribution is 2.54. The van der Waals surface area contributed by atoms with Gasteiger partial charge in [-0.15, -0.1) is 23.2 Å². The van der Waals surface area contributed by atoms with E-state index in [4.69, 9.17) is 23.2 Å². The Morgan fingerprint density at radius 1 is 1.15 bits per heavy atom. The summed E-state index contributed by atoms with van der Waals surface area (Å²) in [5.41, 5.74) is 0. The highest BCUT2D eigenvalue weighted by molar-refractivity contribution is 9.10. The van der Waals surface area contributed by atoms with Crippen molar-refractivity contribution in [1.29, 1.82) is 0 Å². The number of hydrogen-bond donors (Lipinski definition) is 0. The molecule has 2 aromatic rings. The number of hydrogen-bond acceptors (Lipinski definition) is 2. The van der Waals surface area contributed by atoms with Gasteiger partial charge < -0.3 is 0 Å². The molecule has 0 aliphatic heterocycles. The predicted molar refractivity (Wildman–Crippen MR) is 86.2 cm³/mol. The van der Waals surface area contributed by atoms with E-state index in [2.05, 4.69) is 15.9 Å². The third-order valence-electron chi connectivity index (χ3n) is 3.54. The number of sulfone groups is 1. The molecular weight excluding hydrogens is 383 g/mol. The fourth-order valence-corrected chi connectivity index (χ4v) is 5.40. The van der Waals surface area contributed by atoms with Crippen LogP contribution in [0.15, 0.2) is 45.8 Å². The molecule has 1 fully saturated rings. The Hall–Kier alpha value is -0.290. The predicted octanol–water partition coefficient (Wildman–Crippen LogP) is 4.57. The van der Waals surface area contributed by atoms with Crippen LogP contribution in [0.3, 0.4) is 0 Å². The highest BCUT2D eigenvalue weighted by Gasteiger charge is 2.53. The Morgan fingerprint density at radius 2 is 1.75 bits per heavy atom. The molecule has 1 aliphatic carbocycles. The summed E-state index contributed by atoms with van der Waals surface area (Å²) < 4.78 is 25.1. The van der Waals surface area contributed by atoms with Gasteiger partial charge in [-0.1, -0.05) is 40.2 Å². The Bertz CT molecular complexity index is 787. The maximum absolute atomic E-state index is 12.6. The van der Waals surface area contributed by atoms with Gasteiger partial charge in [0.2, 0.25) is 0 Å². The van der Waals surface area contributed by atoms with Crippen molar-refractivity contribution in [1.82, 2.24) is 0 Å². The molecule has 0 radical (unpaired) electrons. The second-order valence-electron chi connectivity index (χ2n) is 5.03. The van der Waals surface area contributed by atoms with Crippen LogP contribution in [0.2, 0.25) is 0 Å². The lowest BCUT2D eigenvalue weighted by molar-refractivity contribution is 0.593. The van der Waals surface area contributed by atoms with Gasteiger partial charge in [-0.05, 0) is 23.9 Å². The molecule has 0 aromatic heterocycles. The van der Waals surface area contributed by atoms with E-state index in [9.17, 15) is 8.42 Å². The Morgan fingerprint density at radius 3 is 2.35 bits per heavy atom. The molecule has 0 bridgehead atoms. The van der Waals surface area contributed by atoms with Crippen LogP contribution in [0.4, 0.5) is 0 Å². The van der Waals surface area contributed by atoms with E-state index >= 15 is 0 Å². The first-order valence-corrected chi connectivity index (χ1v) is 9.29. The largest absolute Gasteiger partial charge is 0.224 e. The van der Waals surface area contributed by atoms with Crippen molar-refractivity contribution >= 4 is 59.7 Å². The zero-order valence-corrected chi connectivity index (χ0v) is 14.2. The zero-order valence-electron chi connectivity index (χ0n) is 10.3. The minimum absolute atomic E-state index is 0.00831. The average molecular weight is 394 g/mol. The van der Waals surface area contributed by atoms with Crippen molar-refractivity contribution in [2.45, 2.75) is 15.6 Å². The lowest BCUT2D eigenvalue weighted by Gasteiger charge is -2.09. The molecule has 1 unspecified atom stereocenters. The summed E-state index contributed by atoms with van der Waals surface area (Å²) in [4.78, 5) is 0.340. The fraction of sp³-hybridized carbons (Fsp3) is 0.286. The monoisotopic (exact) mass is 392 g/mol. The number of halogens is 3. The number of alkyl halides is 2. The van der Waals surface area contributed by atoms with E-state index in [1.807, 2.05) is 24.3 Å². The molecule has 0 amide bonds. The molecule has 106 valence electrons. The van der Waals surface area contributed by atoms with E-state index in [0.717, 1.165) is 15.2 Å². The smallest absolute Gasteiger partial charge is 0.179 e. The molecule has 6 heteroatoms. The Kier molecular flexibility index (Phi) is 3.57. The summed E-state index contributed by atoms with van der Waals surface area (Å²) in [5, 5.41) is 1.60. The van der Waals surface area contributed by atoms with Gasteiger partial charge >= 0.3 is 0 Å². The summed E-state index contributed by atoms with van der Waals surface area (Å²) in [7, 11) is -3.40. The molecule has 1 aliphatic rings. The first-order chi connectivity index (χ1) is 9.31. The van der Waals surface area contributed by atoms with Crippen molar-refractivity contribution < 1.29 is 8.42 Å². The average Bonchev–Trinajstić information content (AvgIpc) is 2.95. The Labute approximate surface area is 136 Å². The second kappa shape index (κ2) is 4.87. The van der Waals surface area contributed by atoms with Crippen molar-refractivity contribution in [2.75, 3.05) is 5.75 Å². The normalized spacial score (nSPS) is 21.1.